The summed E-state index contributed by atoms with van der Waals surface area (Å²) in [4.78, 5) is 18.4. The average molecular weight is 357 g/mol. The van der Waals surface area contributed by atoms with Crippen LogP contribution in [0.1, 0.15) is 52.4 Å². The first-order valence-corrected chi connectivity index (χ1v) is 9.62. The second-order valence-corrected chi connectivity index (χ2v) is 8.85. The number of ketones is 1. The van der Waals surface area contributed by atoms with Crippen LogP contribution in [0, 0.1) is 11.8 Å². The summed E-state index contributed by atoms with van der Waals surface area (Å²) in [6.45, 7) is 7.71. The minimum Gasteiger partial charge on any atom is -0.298 e. The summed E-state index contributed by atoms with van der Waals surface area (Å²) in [6.07, 6.45) is 7.59. The Hall–Kier alpha value is 0.0700. The van der Waals surface area contributed by atoms with Gasteiger partial charge in [-0.1, -0.05) is 22.9 Å². The summed E-state index contributed by atoms with van der Waals surface area (Å²) in [5.74, 6) is 1.64. The van der Waals surface area contributed by atoms with Gasteiger partial charge in [-0.05, 0) is 51.4 Å². The van der Waals surface area contributed by atoms with E-state index in [0.717, 1.165) is 25.3 Å². The molecule has 3 aliphatic rings. The van der Waals surface area contributed by atoms with Gasteiger partial charge in [-0.25, -0.2) is 0 Å². The molecule has 1 saturated carbocycles. The van der Waals surface area contributed by atoms with E-state index < -0.39 is 0 Å². The van der Waals surface area contributed by atoms with Crippen LogP contribution >= 0.6 is 15.9 Å². The lowest BCUT2D eigenvalue weighted by atomic mass is 9.86. The fourth-order valence-electron chi connectivity index (χ4n) is 4.48. The zero-order valence-corrected chi connectivity index (χ0v) is 15.0. The number of halogens is 1. The third kappa shape index (κ3) is 3.53. The Balaban J connectivity index is 1.58. The molecule has 3 atom stereocenters. The van der Waals surface area contributed by atoms with Crippen LogP contribution in [0.25, 0.3) is 0 Å². The molecule has 0 bridgehead atoms. The first-order valence-electron chi connectivity index (χ1n) is 8.71. The van der Waals surface area contributed by atoms with E-state index in [-0.39, 0.29) is 0 Å². The lowest BCUT2D eigenvalue weighted by Gasteiger charge is -2.37. The smallest absolute Gasteiger partial charge is 0.149 e. The Kier molecular flexibility index (Phi) is 5.07. The molecule has 120 valence electrons. The van der Waals surface area contributed by atoms with Crippen molar-refractivity contribution in [2.24, 2.45) is 11.8 Å². The molecule has 0 aromatic carbocycles. The molecular weight excluding hydrogens is 328 g/mol. The van der Waals surface area contributed by atoms with Crippen LogP contribution in [-0.4, -0.2) is 52.3 Å². The maximum Gasteiger partial charge on any atom is 0.149 e. The number of fused-ring (bicyclic) bond motifs is 1. The summed E-state index contributed by atoms with van der Waals surface area (Å²) in [5.41, 5.74) is 0. The monoisotopic (exact) mass is 356 g/mol. The molecule has 3 nitrogen and oxygen atoms in total. The molecule has 0 spiro atoms. The van der Waals surface area contributed by atoms with E-state index in [1.165, 1.54) is 32.2 Å². The van der Waals surface area contributed by atoms with Gasteiger partial charge < -0.3 is 0 Å². The minimum atomic E-state index is 0.322. The number of alkyl halides is 1. The Morgan fingerprint density at radius 3 is 2.48 bits per heavy atom. The first kappa shape index (κ1) is 15.9. The number of Topliss-reactive ketones (excluding diaryl/α,β-unsaturated/α-hetero) is 1. The zero-order valence-electron chi connectivity index (χ0n) is 13.4. The molecule has 21 heavy (non-hydrogen) atoms. The van der Waals surface area contributed by atoms with Crippen molar-refractivity contribution in [3.8, 4) is 0 Å². The topological polar surface area (TPSA) is 23.6 Å². The summed E-state index contributed by atoms with van der Waals surface area (Å²) >= 11 is 3.69. The van der Waals surface area contributed by atoms with Crippen molar-refractivity contribution in [2.75, 3.05) is 19.6 Å². The number of nitrogens with zero attached hydrogens (tertiary/aromatic N) is 2. The van der Waals surface area contributed by atoms with E-state index in [1.807, 2.05) is 0 Å². The third-order valence-electron chi connectivity index (χ3n) is 5.78. The number of carbonyl (C=O) groups is 1. The highest BCUT2D eigenvalue weighted by Gasteiger charge is 2.41. The molecule has 4 heteroatoms. The van der Waals surface area contributed by atoms with Gasteiger partial charge in [0.15, 0.2) is 0 Å². The van der Waals surface area contributed by atoms with E-state index in [0.29, 0.717) is 35.3 Å². The maximum absolute atomic E-state index is 12.7. The second kappa shape index (κ2) is 6.67. The van der Waals surface area contributed by atoms with Crippen LogP contribution < -0.4 is 0 Å². The molecule has 3 rings (SSSR count). The minimum absolute atomic E-state index is 0.322. The van der Waals surface area contributed by atoms with Gasteiger partial charge in [0.25, 0.3) is 0 Å². The molecule has 0 aromatic rings. The van der Waals surface area contributed by atoms with Gasteiger partial charge in [0.1, 0.15) is 5.78 Å². The highest BCUT2D eigenvalue weighted by molar-refractivity contribution is 9.09. The third-order valence-corrected chi connectivity index (χ3v) is 6.70. The van der Waals surface area contributed by atoms with Gasteiger partial charge in [-0.3, -0.25) is 14.6 Å². The molecule has 3 fully saturated rings. The Morgan fingerprint density at radius 2 is 1.76 bits per heavy atom. The molecule has 0 amide bonds. The van der Waals surface area contributed by atoms with Crippen molar-refractivity contribution in [3.05, 3.63) is 0 Å². The van der Waals surface area contributed by atoms with E-state index >= 15 is 0 Å². The van der Waals surface area contributed by atoms with Crippen LogP contribution in [0.4, 0.5) is 0 Å². The van der Waals surface area contributed by atoms with E-state index in [9.17, 15) is 4.79 Å². The summed E-state index contributed by atoms with van der Waals surface area (Å²) in [6, 6.07) is 0.539. The van der Waals surface area contributed by atoms with E-state index in [4.69, 9.17) is 0 Å². The van der Waals surface area contributed by atoms with Crippen LogP contribution in [-0.2, 0) is 4.79 Å². The van der Waals surface area contributed by atoms with Crippen molar-refractivity contribution in [1.29, 1.82) is 0 Å². The number of rotatable bonds is 3. The summed E-state index contributed by atoms with van der Waals surface area (Å²) in [7, 11) is 0. The van der Waals surface area contributed by atoms with Crippen molar-refractivity contribution in [2.45, 2.75) is 69.4 Å². The number of piperidine rings is 1. The van der Waals surface area contributed by atoms with Gasteiger partial charge in [-0.2, -0.15) is 0 Å². The highest BCUT2D eigenvalue weighted by atomic mass is 79.9. The number of carbonyl (C=O) groups excluding carboxylic acids is 1. The number of hydrogen-bond donors (Lipinski definition) is 0. The molecule has 0 radical (unpaired) electrons. The van der Waals surface area contributed by atoms with Crippen molar-refractivity contribution in [3.63, 3.8) is 0 Å². The summed E-state index contributed by atoms with van der Waals surface area (Å²) < 4.78 is 0. The predicted molar refractivity (Wildman–Crippen MR) is 89.6 cm³/mol. The van der Waals surface area contributed by atoms with Crippen molar-refractivity contribution >= 4 is 21.7 Å². The Labute approximate surface area is 137 Å². The van der Waals surface area contributed by atoms with Crippen LogP contribution in [0.3, 0.4) is 0 Å². The molecule has 0 N–H and O–H groups in total. The molecule has 2 saturated heterocycles. The fraction of sp³-hybridized carbons (Fsp3) is 0.941. The second-order valence-electron chi connectivity index (χ2n) is 7.55. The van der Waals surface area contributed by atoms with Crippen LogP contribution in [0.5, 0.6) is 0 Å². The Morgan fingerprint density at radius 1 is 1.05 bits per heavy atom. The van der Waals surface area contributed by atoms with Crippen molar-refractivity contribution < 1.29 is 4.79 Å². The Bertz CT molecular complexity index is 381. The van der Waals surface area contributed by atoms with Gasteiger partial charge in [-0.15, -0.1) is 0 Å². The van der Waals surface area contributed by atoms with E-state index in [1.54, 1.807) is 0 Å². The predicted octanol–water partition coefficient (Wildman–Crippen LogP) is 3.27. The van der Waals surface area contributed by atoms with E-state index in [2.05, 4.69) is 39.6 Å². The number of hydrogen-bond acceptors (Lipinski definition) is 3. The fourth-order valence-corrected chi connectivity index (χ4v) is 5.01. The maximum atomic E-state index is 12.7. The molecule has 2 heterocycles. The molecule has 2 aliphatic heterocycles. The zero-order chi connectivity index (χ0) is 15.0. The van der Waals surface area contributed by atoms with Crippen LogP contribution in [0.2, 0.25) is 0 Å². The van der Waals surface area contributed by atoms with Crippen molar-refractivity contribution in [1.82, 2.24) is 9.80 Å². The SMILES string of the molecule is CC1CCC2N(C1)CC(C)N2CC(=O)C1CCC(Br)CC1. The average Bonchev–Trinajstić information content (AvgIpc) is 2.75. The molecular formula is C17H29BrN2O. The molecule has 3 unspecified atom stereocenters. The lowest BCUT2D eigenvalue weighted by Crippen LogP contribution is -2.47. The van der Waals surface area contributed by atoms with Gasteiger partial charge in [0.05, 0.1) is 12.7 Å². The van der Waals surface area contributed by atoms with Gasteiger partial charge in [0.2, 0.25) is 0 Å². The summed E-state index contributed by atoms with van der Waals surface area (Å²) in [5, 5.41) is 0. The largest absolute Gasteiger partial charge is 0.298 e. The standard InChI is InChI=1S/C17H29BrN2O/c1-12-3-8-17-19(9-12)10-13(2)20(17)11-16(21)14-4-6-15(18)7-5-14/h12-15,17H,3-11H2,1-2H3. The lowest BCUT2D eigenvalue weighted by molar-refractivity contribution is -0.126. The van der Waals surface area contributed by atoms with Gasteiger partial charge >= 0.3 is 0 Å². The molecule has 0 aromatic heterocycles. The van der Waals surface area contributed by atoms with Gasteiger partial charge in [0, 0.05) is 29.9 Å². The molecule has 1 aliphatic carbocycles. The quantitative estimate of drug-likeness (QED) is 0.725. The normalized spacial score (nSPS) is 42.0. The highest BCUT2D eigenvalue weighted by Crippen LogP contribution is 2.33. The van der Waals surface area contributed by atoms with Crippen LogP contribution in [0.15, 0.2) is 0 Å². The first-order chi connectivity index (χ1) is 10.0.